The summed E-state index contributed by atoms with van der Waals surface area (Å²) in [4.78, 5) is 11.9. The maximum atomic E-state index is 13.1. The van der Waals surface area contributed by atoms with Crippen LogP contribution in [0.2, 0.25) is 0 Å². The lowest BCUT2D eigenvalue weighted by atomic mass is 9.66. The van der Waals surface area contributed by atoms with Crippen LogP contribution in [0.25, 0.3) is 0 Å². The highest BCUT2D eigenvalue weighted by Gasteiger charge is 2.52. The number of halogens is 2. The SMILES string of the molecule is CC(C(O)F)C1(C(C)C(O)F)CCN(C(=O)O)C1. The van der Waals surface area contributed by atoms with Gasteiger partial charge in [-0.15, -0.1) is 0 Å². The molecule has 7 heteroatoms. The van der Waals surface area contributed by atoms with Gasteiger partial charge in [0.15, 0.2) is 12.7 Å². The molecule has 0 aromatic carbocycles. The molecular weight excluding hydrogens is 248 g/mol. The number of nitrogens with zero attached hydrogens (tertiary/aromatic N) is 1. The number of alkyl halides is 2. The fourth-order valence-corrected chi connectivity index (χ4v) is 2.73. The van der Waals surface area contributed by atoms with Crippen molar-refractivity contribution in [1.82, 2.24) is 4.90 Å². The largest absolute Gasteiger partial charge is 0.465 e. The highest BCUT2D eigenvalue weighted by atomic mass is 19.1. The Morgan fingerprint density at radius 3 is 1.94 bits per heavy atom. The van der Waals surface area contributed by atoms with Crippen molar-refractivity contribution in [1.29, 1.82) is 0 Å². The lowest BCUT2D eigenvalue weighted by Crippen LogP contribution is -2.46. The average Bonchev–Trinajstić information content (AvgIpc) is 2.72. The Balaban J connectivity index is 3.01. The molecule has 4 unspecified atom stereocenters. The molecule has 1 amide bonds. The van der Waals surface area contributed by atoms with E-state index < -0.39 is 36.1 Å². The third-order valence-corrected chi connectivity index (χ3v) is 4.24. The quantitative estimate of drug-likeness (QED) is 0.715. The van der Waals surface area contributed by atoms with Crippen molar-refractivity contribution in [3.8, 4) is 0 Å². The Labute approximate surface area is 104 Å². The molecule has 1 saturated heterocycles. The second-order valence-corrected chi connectivity index (χ2v) is 5.01. The van der Waals surface area contributed by atoms with Crippen LogP contribution >= 0.6 is 0 Å². The average molecular weight is 267 g/mol. The second-order valence-electron chi connectivity index (χ2n) is 5.01. The number of likely N-dealkylation sites (tertiary alicyclic amines) is 1. The summed E-state index contributed by atoms with van der Waals surface area (Å²) in [6.45, 7) is 2.85. The molecule has 0 bridgehead atoms. The molecule has 0 spiro atoms. The van der Waals surface area contributed by atoms with Gasteiger partial charge in [-0.2, -0.15) is 0 Å². The van der Waals surface area contributed by atoms with Crippen molar-refractivity contribution in [2.45, 2.75) is 33.0 Å². The molecule has 0 radical (unpaired) electrons. The van der Waals surface area contributed by atoms with Crippen LogP contribution in [0.4, 0.5) is 13.6 Å². The monoisotopic (exact) mass is 267 g/mol. The van der Waals surface area contributed by atoms with E-state index in [0.29, 0.717) is 0 Å². The van der Waals surface area contributed by atoms with Crippen molar-refractivity contribution in [3.05, 3.63) is 0 Å². The maximum absolute atomic E-state index is 13.1. The molecule has 1 rings (SSSR count). The Bertz CT molecular complexity index is 297. The number of hydrogen-bond donors (Lipinski definition) is 3. The summed E-state index contributed by atoms with van der Waals surface area (Å²) in [5, 5.41) is 27.0. The van der Waals surface area contributed by atoms with Gasteiger partial charge in [0, 0.05) is 30.3 Å². The first-order valence-corrected chi connectivity index (χ1v) is 5.84. The fourth-order valence-electron chi connectivity index (χ4n) is 2.73. The number of carboxylic acid groups (broad SMARTS) is 1. The maximum Gasteiger partial charge on any atom is 0.407 e. The van der Waals surface area contributed by atoms with Crippen LogP contribution in [0.5, 0.6) is 0 Å². The minimum Gasteiger partial charge on any atom is -0.465 e. The van der Waals surface area contributed by atoms with E-state index in [1.807, 2.05) is 0 Å². The van der Waals surface area contributed by atoms with Gasteiger partial charge in [-0.25, -0.2) is 13.6 Å². The molecule has 1 aliphatic rings. The van der Waals surface area contributed by atoms with Gasteiger partial charge in [0.1, 0.15) is 0 Å². The Kier molecular flexibility index (Phi) is 4.50. The van der Waals surface area contributed by atoms with Gasteiger partial charge in [0.05, 0.1) is 0 Å². The molecule has 0 aromatic rings. The van der Waals surface area contributed by atoms with Gasteiger partial charge in [-0.1, -0.05) is 13.8 Å². The molecule has 18 heavy (non-hydrogen) atoms. The molecule has 106 valence electrons. The Hall–Kier alpha value is -0.950. The van der Waals surface area contributed by atoms with Crippen LogP contribution < -0.4 is 0 Å². The van der Waals surface area contributed by atoms with Crippen LogP contribution in [0.15, 0.2) is 0 Å². The van der Waals surface area contributed by atoms with Gasteiger partial charge < -0.3 is 20.2 Å². The van der Waals surface area contributed by atoms with E-state index in [1.165, 1.54) is 13.8 Å². The van der Waals surface area contributed by atoms with E-state index >= 15 is 0 Å². The van der Waals surface area contributed by atoms with E-state index in [4.69, 9.17) is 15.3 Å². The zero-order valence-electron chi connectivity index (χ0n) is 10.4. The molecule has 0 saturated carbocycles. The minimum absolute atomic E-state index is 0.0906. The summed E-state index contributed by atoms with van der Waals surface area (Å²) in [7, 11) is 0. The number of amides is 1. The lowest BCUT2D eigenvalue weighted by molar-refractivity contribution is -0.121. The topological polar surface area (TPSA) is 81.0 Å². The molecule has 5 nitrogen and oxygen atoms in total. The molecule has 1 fully saturated rings. The number of aliphatic hydroxyl groups is 2. The second kappa shape index (κ2) is 5.36. The highest BCUT2D eigenvalue weighted by Crippen LogP contribution is 2.47. The Morgan fingerprint density at radius 2 is 1.67 bits per heavy atom. The summed E-state index contributed by atoms with van der Waals surface area (Å²) in [6.07, 6.45) is -5.32. The summed E-state index contributed by atoms with van der Waals surface area (Å²) in [6, 6.07) is 0. The number of carbonyl (C=O) groups is 1. The van der Waals surface area contributed by atoms with Crippen LogP contribution in [0.3, 0.4) is 0 Å². The van der Waals surface area contributed by atoms with Gasteiger partial charge in [-0.05, 0) is 6.42 Å². The number of aliphatic hydroxyl groups excluding tert-OH is 2. The van der Waals surface area contributed by atoms with Gasteiger partial charge in [0.25, 0.3) is 0 Å². The van der Waals surface area contributed by atoms with E-state index in [2.05, 4.69) is 0 Å². The zero-order valence-corrected chi connectivity index (χ0v) is 10.4. The van der Waals surface area contributed by atoms with Gasteiger partial charge in [-0.3, -0.25) is 0 Å². The molecule has 3 N–H and O–H groups in total. The standard InChI is InChI=1S/C11H19F2NO4/c1-6(8(12)15)11(7(2)9(13)16)3-4-14(5-11)10(17)18/h6-9,15-16H,3-5H2,1-2H3,(H,17,18). The summed E-state index contributed by atoms with van der Waals surface area (Å²) >= 11 is 0. The van der Waals surface area contributed by atoms with E-state index in [-0.39, 0.29) is 19.5 Å². The van der Waals surface area contributed by atoms with Crippen LogP contribution in [-0.4, -0.2) is 52.1 Å². The van der Waals surface area contributed by atoms with Crippen molar-refractivity contribution >= 4 is 6.09 Å². The molecule has 1 aliphatic heterocycles. The number of hydrogen-bond acceptors (Lipinski definition) is 3. The van der Waals surface area contributed by atoms with Crippen LogP contribution in [0, 0.1) is 17.3 Å². The van der Waals surface area contributed by atoms with Crippen molar-refractivity contribution in [2.75, 3.05) is 13.1 Å². The minimum atomic E-state index is -2.18. The van der Waals surface area contributed by atoms with E-state index in [9.17, 15) is 13.6 Å². The molecule has 1 heterocycles. The molecule has 0 aromatic heterocycles. The van der Waals surface area contributed by atoms with Crippen molar-refractivity contribution in [2.24, 2.45) is 17.3 Å². The first kappa shape index (κ1) is 15.1. The van der Waals surface area contributed by atoms with Gasteiger partial charge in [0.2, 0.25) is 0 Å². The lowest BCUT2D eigenvalue weighted by Gasteiger charge is -2.40. The number of rotatable bonds is 4. The highest BCUT2D eigenvalue weighted by molar-refractivity contribution is 5.65. The van der Waals surface area contributed by atoms with Crippen molar-refractivity contribution in [3.63, 3.8) is 0 Å². The molecular formula is C11H19F2NO4. The molecule has 0 aliphatic carbocycles. The zero-order chi connectivity index (χ0) is 14.1. The first-order valence-electron chi connectivity index (χ1n) is 5.84. The smallest absolute Gasteiger partial charge is 0.407 e. The summed E-state index contributed by atoms with van der Waals surface area (Å²) < 4.78 is 26.3. The predicted octanol–water partition coefficient (Wildman–Crippen LogP) is 1.20. The molecule has 4 atom stereocenters. The normalized spacial score (nSPS) is 30.9. The van der Waals surface area contributed by atoms with E-state index in [0.717, 1.165) is 4.90 Å². The third kappa shape index (κ3) is 2.56. The van der Waals surface area contributed by atoms with E-state index in [1.54, 1.807) is 0 Å². The first-order chi connectivity index (χ1) is 8.22. The van der Waals surface area contributed by atoms with Crippen LogP contribution in [0.1, 0.15) is 20.3 Å². The Morgan fingerprint density at radius 1 is 1.22 bits per heavy atom. The summed E-state index contributed by atoms with van der Waals surface area (Å²) in [5.41, 5.74) is -1.10. The summed E-state index contributed by atoms with van der Waals surface area (Å²) in [5.74, 6) is -1.91. The van der Waals surface area contributed by atoms with Gasteiger partial charge >= 0.3 is 6.09 Å². The third-order valence-electron chi connectivity index (χ3n) is 4.24. The van der Waals surface area contributed by atoms with Crippen LogP contribution in [-0.2, 0) is 0 Å². The fraction of sp³-hybridized carbons (Fsp3) is 0.909. The predicted molar refractivity (Wildman–Crippen MR) is 59.2 cm³/mol. The van der Waals surface area contributed by atoms with Crippen molar-refractivity contribution < 1.29 is 28.9 Å².